The molecule has 0 heterocycles. The first-order valence-corrected chi connectivity index (χ1v) is 4.30. The molecule has 0 saturated heterocycles. The van der Waals surface area contributed by atoms with Crippen molar-refractivity contribution in [2.75, 3.05) is 6.67 Å². The summed E-state index contributed by atoms with van der Waals surface area (Å²) in [4.78, 5) is 0. The van der Waals surface area contributed by atoms with E-state index in [9.17, 15) is 4.39 Å². The van der Waals surface area contributed by atoms with Crippen LogP contribution >= 0.6 is 0 Å². The molecule has 1 aliphatic carbocycles. The van der Waals surface area contributed by atoms with Crippen molar-refractivity contribution < 1.29 is 4.39 Å². The van der Waals surface area contributed by atoms with Crippen molar-refractivity contribution in [3.05, 3.63) is 12.2 Å². The average molecular weight is 156 g/mol. The van der Waals surface area contributed by atoms with Crippen LogP contribution in [-0.2, 0) is 0 Å². The van der Waals surface area contributed by atoms with Gasteiger partial charge in [0.25, 0.3) is 0 Å². The first kappa shape index (κ1) is 8.76. The van der Waals surface area contributed by atoms with E-state index in [2.05, 4.69) is 20.4 Å². The van der Waals surface area contributed by atoms with Crippen molar-refractivity contribution in [2.45, 2.75) is 33.1 Å². The average Bonchev–Trinajstić information content (AvgIpc) is 1.95. The number of allylic oxidation sites excluding steroid dienone is 1. The summed E-state index contributed by atoms with van der Waals surface area (Å²) in [5, 5.41) is 0. The van der Waals surface area contributed by atoms with Gasteiger partial charge in [-0.3, -0.25) is 4.39 Å². The molecule has 0 nitrogen and oxygen atoms in total. The Morgan fingerprint density at radius 3 is 2.73 bits per heavy atom. The van der Waals surface area contributed by atoms with Crippen LogP contribution in [-0.4, -0.2) is 6.67 Å². The van der Waals surface area contributed by atoms with E-state index < -0.39 is 0 Å². The highest BCUT2D eigenvalue weighted by Gasteiger charge is 2.29. The molecule has 1 saturated carbocycles. The zero-order chi connectivity index (χ0) is 8.48. The monoisotopic (exact) mass is 156 g/mol. The number of hydrogen-bond donors (Lipinski definition) is 0. The minimum absolute atomic E-state index is 0.172. The topological polar surface area (TPSA) is 0 Å². The lowest BCUT2D eigenvalue weighted by molar-refractivity contribution is 0.235. The first-order valence-electron chi connectivity index (χ1n) is 4.30. The summed E-state index contributed by atoms with van der Waals surface area (Å²) in [6.07, 6.45) is 3.02. The molecular weight excluding hydrogens is 139 g/mol. The standard InChI is InChI=1S/C10H17F/c1-8-6-9(7-11)4-5-10(8,2)3/h9H,1,4-7H2,2-3H3. The van der Waals surface area contributed by atoms with Crippen LogP contribution in [0.1, 0.15) is 33.1 Å². The summed E-state index contributed by atoms with van der Waals surface area (Å²) in [5.74, 6) is 0.260. The molecule has 0 spiro atoms. The molecule has 1 aliphatic rings. The Labute approximate surface area is 68.5 Å². The van der Waals surface area contributed by atoms with Gasteiger partial charge < -0.3 is 0 Å². The first-order chi connectivity index (χ1) is 5.06. The number of alkyl halides is 1. The molecule has 0 amide bonds. The van der Waals surface area contributed by atoms with Gasteiger partial charge in [-0.2, -0.15) is 0 Å². The van der Waals surface area contributed by atoms with Crippen molar-refractivity contribution in [1.82, 2.24) is 0 Å². The summed E-state index contributed by atoms with van der Waals surface area (Å²) >= 11 is 0. The van der Waals surface area contributed by atoms with Crippen molar-refractivity contribution in [1.29, 1.82) is 0 Å². The van der Waals surface area contributed by atoms with E-state index in [4.69, 9.17) is 0 Å². The second kappa shape index (κ2) is 2.96. The largest absolute Gasteiger partial charge is 0.251 e. The van der Waals surface area contributed by atoms with Crippen LogP contribution in [0.15, 0.2) is 12.2 Å². The van der Waals surface area contributed by atoms with Crippen LogP contribution in [0.5, 0.6) is 0 Å². The Morgan fingerprint density at radius 2 is 2.27 bits per heavy atom. The Balaban J connectivity index is 2.55. The molecule has 0 aromatic heterocycles. The fourth-order valence-corrected chi connectivity index (χ4v) is 1.60. The van der Waals surface area contributed by atoms with Gasteiger partial charge in [0, 0.05) is 0 Å². The van der Waals surface area contributed by atoms with E-state index in [1.165, 1.54) is 5.57 Å². The molecule has 64 valence electrons. The van der Waals surface area contributed by atoms with Crippen LogP contribution in [0.25, 0.3) is 0 Å². The van der Waals surface area contributed by atoms with E-state index in [1.807, 2.05) is 0 Å². The molecule has 0 bridgehead atoms. The predicted octanol–water partition coefficient (Wildman–Crippen LogP) is 3.34. The normalized spacial score (nSPS) is 30.5. The molecule has 0 aromatic carbocycles. The van der Waals surface area contributed by atoms with E-state index >= 15 is 0 Å². The van der Waals surface area contributed by atoms with Gasteiger partial charge in [-0.25, -0.2) is 0 Å². The van der Waals surface area contributed by atoms with Crippen molar-refractivity contribution in [3.8, 4) is 0 Å². The summed E-state index contributed by atoms with van der Waals surface area (Å²) in [5.41, 5.74) is 1.48. The lowest BCUT2D eigenvalue weighted by Gasteiger charge is -2.35. The maximum atomic E-state index is 12.3. The zero-order valence-corrected chi connectivity index (χ0v) is 7.49. The van der Waals surface area contributed by atoms with Crippen LogP contribution in [0.4, 0.5) is 4.39 Å². The second-order valence-electron chi connectivity index (χ2n) is 4.25. The molecule has 0 aromatic rings. The fourth-order valence-electron chi connectivity index (χ4n) is 1.60. The van der Waals surface area contributed by atoms with Crippen LogP contribution < -0.4 is 0 Å². The van der Waals surface area contributed by atoms with Crippen LogP contribution in [0.3, 0.4) is 0 Å². The number of halogens is 1. The highest BCUT2D eigenvalue weighted by atomic mass is 19.1. The van der Waals surface area contributed by atoms with E-state index in [1.54, 1.807) is 0 Å². The minimum atomic E-state index is -0.172. The van der Waals surface area contributed by atoms with Crippen molar-refractivity contribution >= 4 is 0 Å². The highest BCUT2D eigenvalue weighted by Crippen LogP contribution is 2.41. The lowest BCUT2D eigenvalue weighted by Crippen LogP contribution is -2.24. The van der Waals surface area contributed by atoms with Crippen molar-refractivity contribution in [2.24, 2.45) is 11.3 Å². The van der Waals surface area contributed by atoms with E-state index in [-0.39, 0.29) is 18.0 Å². The molecule has 1 atom stereocenters. The smallest absolute Gasteiger partial charge is 0.0925 e. The minimum Gasteiger partial charge on any atom is -0.251 e. The van der Waals surface area contributed by atoms with Gasteiger partial charge in [0.15, 0.2) is 0 Å². The molecule has 1 rings (SSSR count). The summed E-state index contributed by atoms with van der Waals surface area (Å²) in [6.45, 7) is 8.22. The van der Waals surface area contributed by atoms with Crippen LogP contribution in [0, 0.1) is 11.3 Å². The Hall–Kier alpha value is -0.330. The Morgan fingerprint density at radius 1 is 1.64 bits per heavy atom. The third-order valence-corrected chi connectivity index (χ3v) is 2.89. The highest BCUT2D eigenvalue weighted by molar-refractivity contribution is 5.10. The van der Waals surface area contributed by atoms with Gasteiger partial charge in [-0.1, -0.05) is 26.0 Å². The van der Waals surface area contributed by atoms with E-state index in [0.29, 0.717) is 0 Å². The quantitative estimate of drug-likeness (QED) is 0.511. The molecule has 1 unspecified atom stereocenters. The van der Waals surface area contributed by atoms with Gasteiger partial charge >= 0.3 is 0 Å². The Kier molecular flexibility index (Phi) is 2.36. The lowest BCUT2D eigenvalue weighted by atomic mass is 9.70. The van der Waals surface area contributed by atoms with Crippen molar-refractivity contribution in [3.63, 3.8) is 0 Å². The predicted molar refractivity (Wildman–Crippen MR) is 46.2 cm³/mol. The SMILES string of the molecule is C=C1CC(CF)CCC1(C)C. The fraction of sp³-hybridized carbons (Fsp3) is 0.800. The van der Waals surface area contributed by atoms with Gasteiger partial charge in [0.2, 0.25) is 0 Å². The maximum Gasteiger partial charge on any atom is 0.0925 e. The molecule has 0 aliphatic heterocycles. The van der Waals surface area contributed by atoms with Gasteiger partial charge in [-0.05, 0) is 30.6 Å². The number of hydrogen-bond acceptors (Lipinski definition) is 0. The molecule has 1 heteroatoms. The number of rotatable bonds is 1. The molecule has 0 N–H and O–H groups in total. The molecule has 1 fully saturated rings. The molecule has 0 radical (unpaired) electrons. The maximum absolute atomic E-state index is 12.3. The van der Waals surface area contributed by atoms with E-state index in [0.717, 1.165) is 19.3 Å². The van der Waals surface area contributed by atoms with Gasteiger partial charge in [-0.15, -0.1) is 0 Å². The molecular formula is C10H17F. The van der Waals surface area contributed by atoms with Gasteiger partial charge in [0.1, 0.15) is 0 Å². The van der Waals surface area contributed by atoms with Crippen LogP contribution in [0.2, 0.25) is 0 Å². The Bertz CT molecular complexity index is 158. The molecule has 11 heavy (non-hydrogen) atoms. The summed E-state index contributed by atoms with van der Waals surface area (Å²) in [6, 6.07) is 0. The summed E-state index contributed by atoms with van der Waals surface area (Å²) in [7, 11) is 0. The zero-order valence-electron chi connectivity index (χ0n) is 7.49. The second-order valence-corrected chi connectivity index (χ2v) is 4.25. The third-order valence-electron chi connectivity index (χ3n) is 2.89. The van der Waals surface area contributed by atoms with Gasteiger partial charge in [0.05, 0.1) is 6.67 Å². The third kappa shape index (κ3) is 1.82. The summed E-state index contributed by atoms with van der Waals surface area (Å²) < 4.78 is 12.3.